The minimum atomic E-state index is -0.950. The molecule has 3 aliphatic heterocycles. The van der Waals surface area contributed by atoms with Crippen molar-refractivity contribution in [3.63, 3.8) is 0 Å². The molecule has 3 saturated heterocycles. The zero-order valence-corrected chi connectivity index (χ0v) is 18.2. The van der Waals surface area contributed by atoms with Crippen molar-refractivity contribution < 1.29 is 19.2 Å². The van der Waals surface area contributed by atoms with E-state index in [9.17, 15) is 19.2 Å². The molecule has 1 aromatic rings. The highest BCUT2D eigenvalue weighted by molar-refractivity contribution is 6.07. The number of likely N-dealkylation sites (tertiary alicyclic amines) is 2. The average molecular weight is 427 g/mol. The molecule has 8 heteroatoms. The summed E-state index contributed by atoms with van der Waals surface area (Å²) in [6.07, 6.45) is 2.27. The van der Waals surface area contributed by atoms with Crippen LogP contribution in [0.15, 0.2) is 30.3 Å². The first-order valence-electron chi connectivity index (χ1n) is 11.1. The number of rotatable bonds is 3. The van der Waals surface area contributed by atoms with Crippen molar-refractivity contribution in [1.29, 1.82) is 0 Å². The highest BCUT2D eigenvalue weighted by Gasteiger charge is 2.55. The number of piperidine rings is 2. The van der Waals surface area contributed by atoms with E-state index in [2.05, 4.69) is 5.32 Å². The molecule has 4 rings (SSSR count). The second kappa shape index (κ2) is 8.32. The molecule has 1 unspecified atom stereocenters. The van der Waals surface area contributed by atoms with Gasteiger partial charge in [-0.3, -0.25) is 19.3 Å². The Morgan fingerprint density at radius 2 is 1.71 bits per heavy atom. The molecule has 3 heterocycles. The van der Waals surface area contributed by atoms with Crippen molar-refractivity contribution in [1.82, 2.24) is 20.0 Å². The van der Waals surface area contributed by atoms with Crippen LogP contribution in [0.25, 0.3) is 0 Å². The molecule has 0 bridgehead atoms. The zero-order valence-electron chi connectivity index (χ0n) is 18.2. The molecule has 0 aliphatic carbocycles. The SMILES string of the molecule is CC(C)C(=O)N1CCCC(N2C(=O)NC3(CCN(C(=O)c4ccccc4)CC3)C2=O)C1. The second-order valence-electron chi connectivity index (χ2n) is 9.08. The minimum absolute atomic E-state index is 0.0548. The van der Waals surface area contributed by atoms with Crippen molar-refractivity contribution in [3.8, 4) is 0 Å². The molecule has 1 aromatic carbocycles. The van der Waals surface area contributed by atoms with Crippen LogP contribution in [0.4, 0.5) is 4.79 Å². The molecule has 1 atom stereocenters. The fourth-order valence-corrected chi connectivity index (χ4v) is 4.90. The number of carbonyl (C=O) groups is 4. The highest BCUT2D eigenvalue weighted by Crippen LogP contribution is 2.33. The lowest BCUT2D eigenvalue weighted by atomic mass is 9.86. The van der Waals surface area contributed by atoms with Crippen LogP contribution in [0.1, 0.15) is 49.9 Å². The Morgan fingerprint density at radius 1 is 1.03 bits per heavy atom. The minimum Gasteiger partial charge on any atom is -0.340 e. The Hall–Kier alpha value is -2.90. The van der Waals surface area contributed by atoms with E-state index in [1.165, 1.54) is 4.90 Å². The smallest absolute Gasteiger partial charge is 0.325 e. The van der Waals surface area contributed by atoms with Gasteiger partial charge >= 0.3 is 6.03 Å². The van der Waals surface area contributed by atoms with Crippen LogP contribution >= 0.6 is 0 Å². The Bertz CT molecular complexity index is 877. The average Bonchev–Trinajstić information content (AvgIpc) is 3.02. The lowest BCUT2D eigenvalue weighted by Crippen LogP contribution is -2.57. The van der Waals surface area contributed by atoms with E-state index in [0.29, 0.717) is 51.0 Å². The van der Waals surface area contributed by atoms with E-state index in [-0.39, 0.29) is 35.7 Å². The fraction of sp³-hybridized carbons (Fsp3) is 0.565. The largest absolute Gasteiger partial charge is 0.340 e. The topological polar surface area (TPSA) is 90.0 Å². The van der Waals surface area contributed by atoms with Crippen LogP contribution in [0.5, 0.6) is 0 Å². The van der Waals surface area contributed by atoms with E-state index in [0.717, 1.165) is 6.42 Å². The van der Waals surface area contributed by atoms with Gasteiger partial charge in [0, 0.05) is 37.7 Å². The number of hydrogen-bond acceptors (Lipinski definition) is 4. The standard InChI is InChI=1S/C23H30N4O4/c1-16(2)19(28)26-12-6-9-18(15-26)27-21(30)23(24-22(27)31)10-13-25(14-11-23)20(29)17-7-4-3-5-8-17/h3-5,7-8,16,18H,6,9-15H2,1-2H3,(H,24,31). The van der Waals surface area contributed by atoms with Gasteiger partial charge in [0.15, 0.2) is 0 Å². The third-order valence-corrected chi connectivity index (χ3v) is 6.69. The number of carbonyl (C=O) groups excluding carboxylic acids is 4. The number of nitrogens with one attached hydrogen (secondary N) is 1. The highest BCUT2D eigenvalue weighted by atomic mass is 16.2. The summed E-state index contributed by atoms with van der Waals surface area (Å²) in [5.41, 5.74) is -0.325. The molecule has 3 fully saturated rings. The van der Waals surface area contributed by atoms with E-state index < -0.39 is 5.54 Å². The first-order valence-corrected chi connectivity index (χ1v) is 11.1. The Balaban J connectivity index is 1.43. The molecule has 166 valence electrons. The van der Waals surface area contributed by atoms with Crippen molar-refractivity contribution >= 4 is 23.8 Å². The summed E-state index contributed by atoms with van der Waals surface area (Å²) in [5.74, 6) is -0.328. The van der Waals surface area contributed by atoms with Gasteiger partial charge in [0.1, 0.15) is 5.54 Å². The van der Waals surface area contributed by atoms with E-state index in [1.807, 2.05) is 32.0 Å². The van der Waals surface area contributed by atoms with Crippen molar-refractivity contribution in [3.05, 3.63) is 35.9 Å². The lowest BCUT2D eigenvalue weighted by Gasteiger charge is -2.39. The Kier molecular flexibility index (Phi) is 5.73. The summed E-state index contributed by atoms with van der Waals surface area (Å²) in [6, 6.07) is 8.41. The van der Waals surface area contributed by atoms with Crippen LogP contribution in [0.3, 0.4) is 0 Å². The second-order valence-corrected chi connectivity index (χ2v) is 9.08. The van der Waals surface area contributed by atoms with Gasteiger partial charge in [-0.2, -0.15) is 0 Å². The predicted molar refractivity (Wildman–Crippen MR) is 114 cm³/mol. The zero-order chi connectivity index (χ0) is 22.2. The van der Waals surface area contributed by atoms with Gasteiger partial charge in [0.2, 0.25) is 5.91 Å². The molecule has 0 saturated carbocycles. The molecule has 8 nitrogen and oxygen atoms in total. The van der Waals surface area contributed by atoms with E-state index in [1.54, 1.807) is 21.9 Å². The number of urea groups is 1. The van der Waals surface area contributed by atoms with Crippen LogP contribution in [0.2, 0.25) is 0 Å². The maximum absolute atomic E-state index is 13.4. The van der Waals surface area contributed by atoms with Gasteiger partial charge in [-0.1, -0.05) is 32.0 Å². The van der Waals surface area contributed by atoms with Gasteiger partial charge in [0.25, 0.3) is 11.8 Å². The molecule has 1 N–H and O–H groups in total. The van der Waals surface area contributed by atoms with Crippen LogP contribution in [0, 0.1) is 5.92 Å². The summed E-state index contributed by atoms with van der Waals surface area (Å²) in [7, 11) is 0. The monoisotopic (exact) mass is 426 g/mol. The quantitative estimate of drug-likeness (QED) is 0.747. The molecular weight excluding hydrogens is 396 g/mol. The lowest BCUT2D eigenvalue weighted by molar-refractivity contribution is -0.140. The maximum Gasteiger partial charge on any atom is 0.325 e. The first-order chi connectivity index (χ1) is 14.8. The molecule has 3 aliphatic rings. The van der Waals surface area contributed by atoms with Crippen molar-refractivity contribution in [2.45, 2.75) is 51.1 Å². The van der Waals surface area contributed by atoms with Gasteiger partial charge < -0.3 is 15.1 Å². The van der Waals surface area contributed by atoms with Crippen LogP contribution in [-0.4, -0.2) is 76.2 Å². The third kappa shape index (κ3) is 3.91. The summed E-state index contributed by atoms with van der Waals surface area (Å²) in [5, 5.41) is 2.93. The molecular formula is C23H30N4O4. The van der Waals surface area contributed by atoms with Gasteiger partial charge in [0.05, 0.1) is 6.04 Å². The molecule has 5 amide bonds. The predicted octanol–water partition coefficient (Wildman–Crippen LogP) is 1.86. The maximum atomic E-state index is 13.4. The normalized spacial score (nSPS) is 23.5. The Labute approximate surface area is 182 Å². The first kappa shape index (κ1) is 21.3. The number of nitrogens with zero attached hydrogens (tertiary/aromatic N) is 3. The van der Waals surface area contributed by atoms with Crippen LogP contribution < -0.4 is 5.32 Å². The summed E-state index contributed by atoms with van der Waals surface area (Å²) in [4.78, 5) is 56.2. The number of amides is 5. The van der Waals surface area contributed by atoms with Gasteiger partial charge in [-0.05, 0) is 37.8 Å². The number of imide groups is 1. The molecule has 31 heavy (non-hydrogen) atoms. The van der Waals surface area contributed by atoms with Crippen LogP contribution in [-0.2, 0) is 9.59 Å². The fourth-order valence-electron chi connectivity index (χ4n) is 4.90. The summed E-state index contributed by atoms with van der Waals surface area (Å²) >= 11 is 0. The summed E-state index contributed by atoms with van der Waals surface area (Å²) in [6.45, 7) is 5.61. The Morgan fingerprint density at radius 3 is 2.35 bits per heavy atom. The summed E-state index contributed by atoms with van der Waals surface area (Å²) < 4.78 is 0. The van der Waals surface area contributed by atoms with E-state index in [4.69, 9.17) is 0 Å². The van der Waals surface area contributed by atoms with Gasteiger partial charge in [-0.15, -0.1) is 0 Å². The molecule has 1 spiro atoms. The molecule has 0 aromatic heterocycles. The number of benzene rings is 1. The third-order valence-electron chi connectivity index (χ3n) is 6.69. The van der Waals surface area contributed by atoms with Crippen molar-refractivity contribution in [2.75, 3.05) is 26.2 Å². The molecule has 0 radical (unpaired) electrons. The van der Waals surface area contributed by atoms with Gasteiger partial charge in [-0.25, -0.2) is 4.79 Å². The van der Waals surface area contributed by atoms with E-state index >= 15 is 0 Å². The van der Waals surface area contributed by atoms with Crippen molar-refractivity contribution in [2.24, 2.45) is 5.92 Å². The number of hydrogen-bond donors (Lipinski definition) is 1.